The first kappa shape index (κ1) is 23.6. The van der Waals surface area contributed by atoms with Crippen LogP contribution in [-0.4, -0.2) is 60.4 Å². The van der Waals surface area contributed by atoms with Crippen LogP contribution in [0.25, 0.3) is 0 Å². The van der Waals surface area contributed by atoms with Crippen molar-refractivity contribution in [2.75, 3.05) is 26.4 Å². The minimum Gasteiger partial charge on any atom is -0.394 e. The number of aldehydes is 1. The van der Waals surface area contributed by atoms with Gasteiger partial charge in [-0.15, -0.1) is 0 Å². The van der Waals surface area contributed by atoms with Crippen molar-refractivity contribution in [2.45, 2.75) is 52.9 Å². The fraction of sp³-hybridized carbons (Fsp3) is 0.923. The minimum absolute atomic E-state index is 0.0370. The summed E-state index contributed by atoms with van der Waals surface area (Å²) in [5, 5.41) is 24.0. The fourth-order valence-corrected chi connectivity index (χ4v) is 0.693. The molecule has 0 atom stereocenters. The summed E-state index contributed by atoms with van der Waals surface area (Å²) in [4.78, 5) is 9.40. The van der Waals surface area contributed by atoms with Crippen LogP contribution in [0.4, 0.5) is 0 Å². The Morgan fingerprint density at radius 1 is 1.05 bits per heavy atom. The van der Waals surface area contributed by atoms with Gasteiger partial charge in [-0.1, -0.05) is 6.92 Å². The van der Waals surface area contributed by atoms with Crippen LogP contribution in [0.1, 0.15) is 40.5 Å². The Morgan fingerprint density at radius 2 is 1.47 bits per heavy atom. The van der Waals surface area contributed by atoms with Gasteiger partial charge in [-0.05, 0) is 27.2 Å². The Morgan fingerprint density at radius 3 is 1.58 bits per heavy atom. The molecule has 0 amide bonds. The highest BCUT2D eigenvalue weighted by molar-refractivity contribution is 5.48. The van der Waals surface area contributed by atoms with E-state index in [1.165, 1.54) is 0 Å². The standard InChI is InChI=1S/C6H14O2.C4H8O.C3H8O3/c1-4-7-6(3)8-5-2;1-2-3-4-5;4-1-3(6)2-5/h6H,4-5H2,1-3H3;4H,2-3H2,1H3;3-6H,1-2H2. The van der Waals surface area contributed by atoms with Gasteiger partial charge in [0.1, 0.15) is 12.4 Å². The number of aliphatic hydroxyl groups is 3. The van der Waals surface area contributed by atoms with Crippen LogP contribution in [0.5, 0.6) is 0 Å². The third-order valence-corrected chi connectivity index (χ3v) is 1.63. The van der Waals surface area contributed by atoms with Gasteiger partial charge < -0.3 is 29.6 Å². The molecule has 0 unspecified atom stereocenters. The number of hydrogen-bond donors (Lipinski definition) is 3. The molecule has 0 fully saturated rings. The zero-order chi connectivity index (χ0) is 15.5. The highest BCUT2D eigenvalue weighted by Gasteiger charge is 1.95. The molecular weight excluding hydrogens is 252 g/mol. The molecule has 0 bridgehead atoms. The monoisotopic (exact) mass is 282 g/mol. The van der Waals surface area contributed by atoms with E-state index in [9.17, 15) is 4.79 Å². The number of carbonyl (C=O) groups excluding carboxylic acids is 1. The number of hydrogen-bond acceptors (Lipinski definition) is 6. The van der Waals surface area contributed by atoms with E-state index in [-0.39, 0.29) is 19.5 Å². The van der Waals surface area contributed by atoms with Crippen LogP contribution < -0.4 is 0 Å². The molecule has 0 aliphatic carbocycles. The summed E-state index contributed by atoms with van der Waals surface area (Å²) < 4.78 is 10.1. The largest absolute Gasteiger partial charge is 0.394 e. The van der Waals surface area contributed by atoms with Crippen LogP contribution in [0.3, 0.4) is 0 Å². The molecule has 6 nitrogen and oxygen atoms in total. The Labute approximate surface area is 116 Å². The summed E-state index contributed by atoms with van der Waals surface area (Å²) in [6, 6.07) is 0. The van der Waals surface area contributed by atoms with Gasteiger partial charge in [0.2, 0.25) is 0 Å². The Bertz CT molecular complexity index is 144. The van der Waals surface area contributed by atoms with E-state index in [4.69, 9.17) is 24.8 Å². The number of ether oxygens (including phenoxy) is 2. The van der Waals surface area contributed by atoms with Crippen LogP contribution in [0.2, 0.25) is 0 Å². The van der Waals surface area contributed by atoms with E-state index in [0.29, 0.717) is 6.42 Å². The van der Waals surface area contributed by atoms with Gasteiger partial charge in [-0.25, -0.2) is 0 Å². The summed E-state index contributed by atoms with van der Waals surface area (Å²) >= 11 is 0. The average molecular weight is 282 g/mol. The Hall–Kier alpha value is -0.530. The maximum absolute atomic E-state index is 9.40. The van der Waals surface area contributed by atoms with Gasteiger partial charge in [0.15, 0.2) is 6.29 Å². The van der Waals surface area contributed by atoms with E-state index in [0.717, 1.165) is 25.9 Å². The first-order chi connectivity index (χ1) is 9.03. The second-order valence-electron chi connectivity index (χ2n) is 3.45. The third-order valence-electron chi connectivity index (χ3n) is 1.63. The van der Waals surface area contributed by atoms with E-state index < -0.39 is 6.10 Å². The highest BCUT2D eigenvalue weighted by atomic mass is 16.7. The maximum Gasteiger partial charge on any atom is 0.154 e. The predicted octanol–water partition coefficient (Wildman–Crippen LogP) is 0.723. The second-order valence-corrected chi connectivity index (χ2v) is 3.45. The number of unbranched alkanes of at least 4 members (excludes halogenated alkanes) is 1. The Balaban J connectivity index is -0.000000209. The van der Waals surface area contributed by atoms with Crippen LogP contribution >= 0.6 is 0 Å². The van der Waals surface area contributed by atoms with Gasteiger partial charge in [0, 0.05) is 19.6 Å². The molecule has 19 heavy (non-hydrogen) atoms. The molecule has 0 radical (unpaired) electrons. The van der Waals surface area contributed by atoms with Crippen molar-refractivity contribution in [1.29, 1.82) is 0 Å². The minimum atomic E-state index is -0.954. The molecule has 0 aliphatic heterocycles. The normalized spacial score (nSPS) is 9.53. The van der Waals surface area contributed by atoms with Crippen molar-refractivity contribution >= 4 is 6.29 Å². The van der Waals surface area contributed by atoms with Crippen molar-refractivity contribution in [3.8, 4) is 0 Å². The SMILES string of the molecule is CCCC=O.CCOC(C)OCC.OCC(O)CO. The van der Waals surface area contributed by atoms with Crippen molar-refractivity contribution in [3.05, 3.63) is 0 Å². The van der Waals surface area contributed by atoms with Crippen molar-refractivity contribution in [2.24, 2.45) is 0 Å². The third kappa shape index (κ3) is 31.8. The molecule has 0 aliphatic rings. The molecule has 0 saturated carbocycles. The lowest BCUT2D eigenvalue weighted by Gasteiger charge is -2.09. The lowest BCUT2D eigenvalue weighted by molar-refractivity contribution is -0.123. The van der Waals surface area contributed by atoms with Crippen molar-refractivity contribution in [1.82, 2.24) is 0 Å². The number of rotatable bonds is 8. The number of carbonyl (C=O) groups is 1. The fourth-order valence-electron chi connectivity index (χ4n) is 0.693. The molecule has 118 valence electrons. The van der Waals surface area contributed by atoms with Gasteiger partial charge in [-0.3, -0.25) is 0 Å². The lowest BCUT2D eigenvalue weighted by Crippen LogP contribution is -2.15. The summed E-state index contributed by atoms with van der Waals surface area (Å²) in [6.45, 7) is 8.50. The van der Waals surface area contributed by atoms with Gasteiger partial charge in [-0.2, -0.15) is 0 Å². The quantitative estimate of drug-likeness (QED) is 0.448. The van der Waals surface area contributed by atoms with E-state index in [2.05, 4.69) is 0 Å². The lowest BCUT2D eigenvalue weighted by atomic mass is 10.4. The maximum atomic E-state index is 9.40. The highest BCUT2D eigenvalue weighted by Crippen LogP contribution is 1.90. The first-order valence-corrected chi connectivity index (χ1v) is 6.60. The zero-order valence-electron chi connectivity index (χ0n) is 12.5. The van der Waals surface area contributed by atoms with E-state index in [1.807, 2.05) is 27.7 Å². The van der Waals surface area contributed by atoms with Gasteiger partial charge >= 0.3 is 0 Å². The van der Waals surface area contributed by atoms with Crippen molar-refractivity contribution in [3.63, 3.8) is 0 Å². The van der Waals surface area contributed by atoms with Crippen LogP contribution in [-0.2, 0) is 14.3 Å². The van der Waals surface area contributed by atoms with E-state index >= 15 is 0 Å². The van der Waals surface area contributed by atoms with Crippen molar-refractivity contribution < 1.29 is 29.6 Å². The average Bonchev–Trinajstić information content (AvgIpc) is 2.41. The van der Waals surface area contributed by atoms with E-state index in [1.54, 1.807) is 0 Å². The molecular formula is C13H30O6. The van der Waals surface area contributed by atoms with Crippen LogP contribution in [0, 0.1) is 0 Å². The molecule has 6 heteroatoms. The summed E-state index contributed by atoms with van der Waals surface area (Å²) in [7, 11) is 0. The van der Waals surface area contributed by atoms with Gasteiger partial charge in [0.25, 0.3) is 0 Å². The smallest absolute Gasteiger partial charge is 0.154 e. The summed E-state index contributed by atoms with van der Waals surface area (Å²) in [6.07, 6.45) is 1.62. The molecule has 0 aromatic rings. The van der Waals surface area contributed by atoms with Crippen LogP contribution in [0.15, 0.2) is 0 Å². The molecule has 3 N–H and O–H groups in total. The molecule has 0 spiro atoms. The molecule has 0 saturated heterocycles. The van der Waals surface area contributed by atoms with Gasteiger partial charge in [0.05, 0.1) is 13.2 Å². The Kier molecular flexibility index (Phi) is 28.1. The summed E-state index contributed by atoms with van der Waals surface area (Å²) in [5.74, 6) is 0. The first-order valence-electron chi connectivity index (χ1n) is 6.60. The number of aliphatic hydroxyl groups excluding tert-OH is 3. The molecule has 0 rings (SSSR count). The molecule has 0 aromatic heterocycles. The topological polar surface area (TPSA) is 96.2 Å². The summed E-state index contributed by atoms with van der Waals surface area (Å²) in [5.41, 5.74) is 0. The second kappa shape index (κ2) is 22.6. The molecule has 0 aromatic carbocycles. The predicted molar refractivity (Wildman–Crippen MR) is 73.9 cm³/mol. The zero-order valence-corrected chi connectivity index (χ0v) is 12.5. The molecule has 0 heterocycles.